The van der Waals surface area contributed by atoms with Gasteiger partial charge in [0, 0.05) is 6.54 Å². The summed E-state index contributed by atoms with van der Waals surface area (Å²) in [5, 5.41) is 19.2. The van der Waals surface area contributed by atoms with Gasteiger partial charge in [0.1, 0.15) is 6.07 Å². The Bertz CT molecular complexity index is 641. The second-order valence-electron chi connectivity index (χ2n) is 5.54. The summed E-state index contributed by atoms with van der Waals surface area (Å²) in [5.74, 6) is 0. The van der Waals surface area contributed by atoms with Crippen LogP contribution in [0.2, 0.25) is 0 Å². The van der Waals surface area contributed by atoms with Crippen LogP contribution in [0.4, 0.5) is 0 Å². The first-order valence-corrected chi connectivity index (χ1v) is 7.96. The molecular formula is C14H18N2O3S. The Morgan fingerprint density at radius 1 is 1.40 bits per heavy atom. The van der Waals surface area contributed by atoms with Crippen molar-refractivity contribution >= 4 is 10.0 Å². The summed E-state index contributed by atoms with van der Waals surface area (Å²) in [4.78, 5) is 0.0126. The molecule has 1 heterocycles. The van der Waals surface area contributed by atoms with E-state index in [1.54, 1.807) is 26.0 Å². The number of benzene rings is 1. The zero-order valence-corrected chi connectivity index (χ0v) is 12.4. The van der Waals surface area contributed by atoms with Gasteiger partial charge in [-0.25, -0.2) is 8.42 Å². The number of rotatable bonds is 3. The van der Waals surface area contributed by atoms with Gasteiger partial charge in [-0.1, -0.05) is 12.1 Å². The van der Waals surface area contributed by atoms with Gasteiger partial charge in [0.25, 0.3) is 0 Å². The molecule has 0 bridgehead atoms. The molecule has 6 heteroatoms. The lowest BCUT2D eigenvalue weighted by atomic mass is 9.98. The van der Waals surface area contributed by atoms with E-state index >= 15 is 0 Å². The van der Waals surface area contributed by atoms with Crippen LogP contribution in [0.5, 0.6) is 0 Å². The third kappa shape index (κ3) is 2.57. The molecule has 1 unspecified atom stereocenters. The molecule has 0 aliphatic carbocycles. The van der Waals surface area contributed by atoms with Crippen LogP contribution in [-0.2, 0) is 10.0 Å². The van der Waals surface area contributed by atoms with Crippen LogP contribution >= 0.6 is 0 Å². The first-order valence-electron chi connectivity index (χ1n) is 6.52. The predicted octanol–water partition coefficient (Wildman–Crippen LogP) is 1.48. The van der Waals surface area contributed by atoms with Gasteiger partial charge in [0.05, 0.1) is 22.1 Å². The molecule has 20 heavy (non-hydrogen) atoms. The number of hydrogen-bond donors (Lipinski definition) is 1. The fourth-order valence-corrected chi connectivity index (χ4v) is 4.61. The Morgan fingerprint density at radius 2 is 2.05 bits per heavy atom. The molecule has 1 atom stereocenters. The van der Waals surface area contributed by atoms with E-state index in [0.717, 1.165) is 0 Å². The highest BCUT2D eigenvalue weighted by molar-refractivity contribution is 7.89. The second-order valence-corrected chi connectivity index (χ2v) is 7.39. The van der Waals surface area contributed by atoms with Crippen molar-refractivity contribution in [2.45, 2.75) is 43.2 Å². The number of sulfonamides is 1. The van der Waals surface area contributed by atoms with Gasteiger partial charge in [0.2, 0.25) is 10.0 Å². The number of aliphatic hydroxyl groups is 1. The van der Waals surface area contributed by atoms with E-state index in [2.05, 4.69) is 0 Å². The van der Waals surface area contributed by atoms with Crippen LogP contribution in [0.1, 0.15) is 32.3 Å². The van der Waals surface area contributed by atoms with Crippen molar-refractivity contribution in [2.75, 3.05) is 6.54 Å². The third-order valence-corrected chi connectivity index (χ3v) is 5.58. The van der Waals surface area contributed by atoms with E-state index in [1.807, 2.05) is 6.07 Å². The lowest BCUT2D eigenvalue weighted by Gasteiger charge is -2.33. The standard InChI is InChI=1S/C14H18N2O3S/c1-14(2,17)13-8-5-9-16(13)20(18,19)12-7-4-3-6-11(12)10-15/h3-4,6-7,13,17H,5,8-9H2,1-2H3. The minimum absolute atomic E-state index is 0.0126. The van der Waals surface area contributed by atoms with Crippen LogP contribution in [0.3, 0.4) is 0 Å². The molecule has 0 radical (unpaired) electrons. The van der Waals surface area contributed by atoms with Crippen LogP contribution in [0.25, 0.3) is 0 Å². The van der Waals surface area contributed by atoms with Crippen LogP contribution in [0.15, 0.2) is 29.2 Å². The van der Waals surface area contributed by atoms with E-state index in [0.29, 0.717) is 19.4 Å². The Balaban J connectivity index is 2.48. The maximum absolute atomic E-state index is 12.7. The second kappa shape index (κ2) is 5.17. The summed E-state index contributed by atoms with van der Waals surface area (Å²) < 4.78 is 26.8. The van der Waals surface area contributed by atoms with Crippen molar-refractivity contribution in [3.8, 4) is 6.07 Å². The minimum Gasteiger partial charge on any atom is -0.389 e. The Morgan fingerprint density at radius 3 is 2.65 bits per heavy atom. The minimum atomic E-state index is -3.76. The smallest absolute Gasteiger partial charge is 0.244 e. The summed E-state index contributed by atoms with van der Waals surface area (Å²) in [6.07, 6.45) is 1.33. The zero-order valence-electron chi connectivity index (χ0n) is 11.6. The molecule has 1 aliphatic heterocycles. The summed E-state index contributed by atoms with van der Waals surface area (Å²) in [6.45, 7) is 3.60. The molecule has 1 aromatic carbocycles. The fraction of sp³-hybridized carbons (Fsp3) is 0.500. The van der Waals surface area contributed by atoms with Gasteiger partial charge >= 0.3 is 0 Å². The zero-order chi connectivity index (χ0) is 15.0. The highest BCUT2D eigenvalue weighted by Crippen LogP contribution is 2.32. The van der Waals surface area contributed by atoms with Gasteiger partial charge in [0.15, 0.2) is 0 Å². The molecule has 0 spiro atoms. The molecule has 0 aromatic heterocycles. The van der Waals surface area contributed by atoms with Crippen molar-refractivity contribution in [3.05, 3.63) is 29.8 Å². The first-order chi connectivity index (χ1) is 9.28. The molecular weight excluding hydrogens is 276 g/mol. The largest absolute Gasteiger partial charge is 0.389 e. The van der Waals surface area contributed by atoms with Crippen LogP contribution in [-0.4, -0.2) is 36.0 Å². The summed E-state index contributed by atoms with van der Waals surface area (Å²) in [7, 11) is -3.76. The van der Waals surface area contributed by atoms with E-state index in [9.17, 15) is 13.5 Å². The molecule has 2 rings (SSSR count). The van der Waals surface area contributed by atoms with Gasteiger partial charge in [-0.15, -0.1) is 0 Å². The first kappa shape index (κ1) is 15.0. The van der Waals surface area contributed by atoms with E-state index in [4.69, 9.17) is 5.26 Å². The molecule has 0 saturated carbocycles. The Hall–Kier alpha value is -1.42. The predicted molar refractivity (Wildman–Crippen MR) is 74.4 cm³/mol. The molecule has 108 valence electrons. The summed E-state index contributed by atoms with van der Waals surface area (Å²) >= 11 is 0. The molecule has 1 saturated heterocycles. The van der Waals surface area contributed by atoms with Crippen LogP contribution in [0, 0.1) is 11.3 Å². The van der Waals surface area contributed by atoms with Crippen molar-refractivity contribution in [1.29, 1.82) is 5.26 Å². The quantitative estimate of drug-likeness (QED) is 0.915. The Labute approximate surface area is 119 Å². The number of hydrogen-bond acceptors (Lipinski definition) is 4. The molecule has 0 amide bonds. The molecule has 1 N–H and O–H groups in total. The average Bonchev–Trinajstić information content (AvgIpc) is 2.88. The highest BCUT2D eigenvalue weighted by atomic mass is 32.2. The molecule has 5 nitrogen and oxygen atoms in total. The fourth-order valence-electron chi connectivity index (χ4n) is 2.64. The number of nitrogens with zero attached hydrogens (tertiary/aromatic N) is 2. The Kier molecular flexibility index (Phi) is 3.87. The molecule has 1 aromatic rings. The van der Waals surface area contributed by atoms with E-state index < -0.39 is 21.7 Å². The van der Waals surface area contributed by atoms with Crippen molar-refractivity contribution in [2.24, 2.45) is 0 Å². The van der Waals surface area contributed by atoms with Crippen LogP contribution < -0.4 is 0 Å². The monoisotopic (exact) mass is 294 g/mol. The normalized spacial score (nSPS) is 20.8. The highest BCUT2D eigenvalue weighted by Gasteiger charge is 2.43. The average molecular weight is 294 g/mol. The number of nitriles is 1. The lowest BCUT2D eigenvalue weighted by Crippen LogP contribution is -2.48. The summed E-state index contributed by atoms with van der Waals surface area (Å²) in [6, 6.07) is 7.61. The van der Waals surface area contributed by atoms with Gasteiger partial charge in [-0.2, -0.15) is 9.57 Å². The van der Waals surface area contributed by atoms with Crippen molar-refractivity contribution in [1.82, 2.24) is 4.31 Å². The van der Waals surface area contributed by atoms with E-state index in [-0.39, 0.29) is 10.5 Å². The maximum atomic E-state index is 12.7. The molecule has 1 fully saturated rings. The SMILES string of the molecule is CC(C)(O)C1CCCN1S(=O)(=O)c1ccccc1C#N. The van der Waals surface area contributed by atoms with Gasteiger partial charge in [-0.3, -0.25) is 0 Å². The lowest BCUT2D eigenvalue weighted by molar-refractivity contribution is 0.0215. The van der Waals surface area contributed by atoms with Gasteiger partial charge in [-0.05, 0) is 38.8 Å². The van der Waals surface area contributed by atoms with Crippen molar-refractivity contribution in [3.63, 3.8) is 0 Å². The molecule has 1 aliphatic rings. The van der Waals surface area contributed by atoms with Gasteiger partial charge < -0.3 is 5.11 Å². The van der Waals surface area contributed by atoms with Crippen molar-refractivity contribution < 1.29 is 13.5 Å². The third-order valence-electron chi connectivity index (χ3n) is 3.61. The summed E-state index contributed by atoms with van der Waals surface area (Å²) in [5.41, 5.74) is -0.973. The van der Waals surface area contributed by atoms with E-state index in [1.165, 1.54) is 16.4 Å². The maximum Gasteiger partial charge on any atom is 0.244 e. The topological polar surface area (TPSA) is 81.4 Å².